The number of anilines is 1. The van der Waals surface area contributed by atoms with Crippen LogP contribution in [0.25, 0.3) is 10.9 Å². The van der Waals surface area contributed by atoms with E-state index < -0.39 is 0 Å². The first kappa shape index (κ1) is 21.2. The van der Waals surface area contributed by atoms with Gasteiger partial charge in [-0.25, -0.2) is 9.37 Å². The Morgan fingerprint density at radius 2 is 1.81 bits per heavy atom. The van der Waals surface area contributed by atoms with E-state index in [1.54, 1.807) is 13.2 Å². The second kappa shape index (κ2) is 9.43. The number of benzene rings is 2. The van der Waals surface area contributed by atoms with Gasteiger partial charge in [-0.15, -0.1) is 0 Å². The van der Waals surface area contributed by atoms with Crippen molar-refractivity contribution in [2.75, 3.05) is 51.3 Å². The third-order valence-electron chi connectivity index (χ3n) is 6.85. The molecule has 168 valence electrons. The number of hydrogen-bond donors (Lipinski definition) is 0. The second-order valence-corrected chi connectivity index (χ2v) is 8.84. The lowest BCUT2D eigenvalue weighted by atomic mass is 10.0. The fraction of sp³-hybridized carbons (Fsp3) is 0.423. The average Bonchev–Trinajstić information content (AvgIpc) is 2.85. The lowest BCUT2D eigenvalue weighted by Gasteiger charge is -2.44. The topological polar surface area (TPSA) is 31.8 Å². The van der Waals surface area contributed by atoms with E-state index in [1.807, 2.05) is 30.3 Å². The fourth-order valence-electron chi connectivity index (χ4n) is 5.16. The lowest BCUT2D eigenvalue weighted by molar-refractivity contribution is 0.0881. The van der Waals surface area contributed by atoms with Crippen LogP contribution in [0.5, 0.6) is 5.75 Å². The summed E-state index contributed by atoms with van der Waals surface area (Å²) in [4.78, 5) is 12.2. The van der Waals surface area contributed by atoms with Crippen LogP contribution in [0.2, 0.25) is 0 Å². The maximum absolute atomic E-state index is 14.2. The standard InChI is InChI=1S/C26H31FN4O/c1-32-25-10-3-2-9-24(25)31-16-14-30(15-17-31)22-7-5-13-29(19-22)18-21-12-11-20-6-4-8-23(27)26(20)28-21/h2-4,6,8-12,22H,5,7,13-19H2,1H3. The smallest absolute Gasteiger partial charge is 0.149 e. The summed E-state index contributed by atoms with van der Waals surface area (Å²) in [7, 11) is 1.74. The van der Waals surface area contributed by atoms with Gasteiger partial charge in [0.05, 0.1) is 18.5 Å². The summed E-state index contributed by atoms with van der Waals surface area (Å²) in [5, 5.41) is 0.859. The molecule has 1 unspecified atom stereocenters. The highest BCUT2D eigenvalue weighted by Gasteiger charge is 2.29. The third-order valence-corrected chi connectivity index (χ3v) is 6.85. The van der Waals surface area contributed by atoms with Gasteiger partial charge in [-0.05, 0) is 43.7 Å². The van der Waals surface area contributed by atoms with Gasteiger partial charge in [0.2, 0.25) is 0 Å². The summed E-state index contributed by atoms with van der Waals surface area (Å²) in [6, 6.07) is 18.0. The number of rotatable bonds is 5. The zero-order chi connectivity index (χ0) is 21.9. The number of hydrogen-bond acceptors (Lipinski definition) is 5. The summed E-state index contributed by atoms with van der Waals surface area (Å²) in [6.45, 7) is 7.07. The van der Waals surface area contributed by atoms with E-state index >= 15 is 0 Å². The van der Waals surface area contributed by atoms with Gasteiger partial charge < -0.3 is 9.64 Å². The van der Waals surface area contributed by atoms with Gasteiger partial charge in [0.1, 0.15) is 17.1 Å². The molecule has 2 saturated heterocycles. The number of aromatic nitrogens is 1. The molecule has 2 aliphatic rings. The Bertz CT molecular complexity index is 1070. The number of fused-ring (bicyclic) bond motifs is 1. The maximum Gasteiger partial charge on any atom is 0.149 e. The highest BCUT2D eigenvalue weighted by molar-refractivity contribution is 5.79. The zero-order valence-electron chi connectivity index (χ0n) is 18.7. The van der Waals surface area contributed by atoms with Gasteiger partial charge in [-0.2, -0.15) is 0 Å². The van der Waals surface area contributed by atoms with E-state index in [1.165, 1.54) is 24.6 Å². The SMILES string of the molecule is COc1ccccc1N1CCN(C2CCCN(Cc3ccc4cccc(F)c4n3)C2)CC1. The molecule has 3 heterocycles. The van der Waals surface area contributed by atoms with Crippen LogP contribution in [0.4, 0.5) is 10.1 Å². The first-order chi connectivity index (χ1) is 15.7. The fourth-order valence-corrected chi connectivity index (χ4v) is 5.16. The normalized spacial score (nSPS) is 20.6. The molecule has 2 aromatic carbocycles. The molecule has 0 saturated carbocycles. The number of para-hydroxylation sites is 3. The van der Waals surface area contributed by atoms with Crippen molar-refractivity contribution in [2.24, 2.45) is 0 Å². The van der Waals surface area contributed by atoms with E-state index in [9.17, 15) is 4.39 Å². The van der Waals surface area contributed by atoms with Crippen LogP contribution in [0.3, 0.4) is 0 Å². The highest BCUT2D eigenvalue weighted by Crippen LogP contribution is 2.29. The van der Waals surface area contributed by atoms with E-state index in [-0.39, 0.29) is 5.82 Å². The monoisotopic (exact) mass is 434 g/mol. The first-order valence-corrected chi connectivity index (χ1v) is 11.6. The van der Waals surface area contributed by atoms with Crippen molar-refractivity contribution in [1.29, 1.82) is 0 Å². The molecule has 5 rings (SSSR count). The van der Waals surface area contributed by atoms with Crippen molar-refractivity contribution in [1.82, 2.24) is 14.8 Å². The average molecular weight is 435 g/mol. The summed E-state index contributed by atoms with van der Waals surface area (Å²) in [6.07, 6.45) is 2.43. The lowest BCUT2D eigenvalue weighted by Crippen LogP contribution is -2.55. The van der Waals surface area contributed by atoms with Gasteiger partial charge in [0.15, 0.2) is 0 Å². The van der Waals surface area contributed by atoms with Crippen LogP contribution in [0, 0.1) is 5.82 Å². The molecule has 2 aliphatic heterocycles. The quantitative estimate of drug-likeness (QED) is 0.602. The van der Waals surface area contributed by atoms with Crippen molar-refractivity contribution < 1.29 is 9.13 Å². The molecule has 1 atom stereocenters. The predicted octanol–water partition coefficient (Wildman–Crippen LogP) is 4.17. The number of ether oxygens (including phenoxy) is 1. The molecule has 0 amide bonds. The van der Waals surface area contributed by atoms with Crippen LogP contribution in [0.15, 0.2) is 54.6 Å². The number of pyridine rings is 1. The molecule has 6 heteroatoms. The van der Waals surface area contributed by atoms with Crippen molar-refractivity contribution in [3.63, 3.8) is 0 Å². The Balaban J connectivity index is 1.20. The third kappa shape index (κ3) is 4.43. The highest BCUT2D eigenvalue weighted by atomic mass is 19.1. The van der Waals surface area contributed by atoms with Gasteiger partial charge >= 0.3 is 0 Å². The second-order valence-electron chi connectivity index (χ2n) is 8.84. The zero-order valence-corrected chi connectivity index (χ0v) is 18.7. The molecule has 0 radical (unpaired) electrons. The van der Waals surface area contributed by atoms with Crippen LogP contribution >= 0.6 is 0 Å². The molecule has 0 N–H and O–H groups in total. The number of halogens is 1. The van der Waals surface area contributed by atoms with Crippen LogP contribution in [-0.2, 0) is 6.54 Å². The Hall–Kier alpha value is -2.70. The Kier molecular flexibility index (Phi) is 6.23. The number of nitrogens with zero attached hydrogens (tertiary/aromatic N) is 4. The molecule has 0 spiro atoms. The van der Waals surface area contributed by atoms with Crippen molar-refractivity contribution in [3.8, 4) is 5.75 Å². The number of piperidine rings is 1. The summed E-state index contributed by atoms with van der Waals surface area (Å²) in [5.41, 5.74) is 2.62. The largest absolute Gasteiger partial charge is 0.495 e. The molecule has 3 aromatic rings. The molecule has 2 fully saturated rings. The maximum atomic E-state index is 14.2. The summed E-state index contributed by atoms with van der Waals surface area (Å²) < 4.78 is 19.7. The Morgan fingerprint density at radius 3 is 2.66 bits per heavy atom. The van der Waals surface area contributed by atoms with Crippen molar-refractivity contribution in [3.05, 3.63) is 66.1 Å². The van der Waals surface area contributed by atoms with Crippen molar-refractivity contribution in [2.45, 2.75) is 25.4 Å². The van der Waals surface area contributed by atoms with Crippen LogP contribution < -0.4 is 9.64 Å². The van der Waals surface area contributed by atoms with Gasteiger partial charge in [-0.3, -0.25) is 9.80 Å². The van der Waals surface area contributed by atoms with E-state index in [0.29, 0.717) is 11.6 Å². The predicted molar refractivity (Wildman–Crippen MR) is 127 cm³/mol. The van der Waals surface area contributed by atoms with Crippen molar-refractivity contribution >= 4 is 16.6 Å². The van der Waals surface area contributed by atoms with E-state index in [4.69, 9.17) is 4.74 Å². The molecule has 0 aliphatic carbocycles. The Labute approximate surface area is 189 Å². The minimum Gasteiger partial charge on any atom is -0.495 e. The number of methoxy groups -OCH3 is 1. The molecule has 0 bridgehead atoms. The van der Waals surface area contributed by atoms with E-state index in [2.05, 4.69) is 31.8 Å². The summed E-state index contributed by atoms with van der Waals surface area (Å²) in [5.74, 6) is 0.706. The minimum atomic E-state index is -0.242. The Morgan fingerprint density at radius 1 is 0.969 bits per heavy atom. The molecule has 32 heavy (non-hydrogen) atoms. The first-order valence-electron chi connectivity index (χ1n) is 11.6. The van der Waals surface area contributed by atoms with Gasteiger partial charge in [-0.1, -0.05) is 30.3 Å². The summed E-state index contributed by atoms with van der Waals surface area (Å²) >= 11 is 0. The van der Waals surface area contributed by atoms with Gasteiger partial charge in [0.25, 0.3) is 0 Å². The van der Waals surface area contributed by atoms with Crippen LogP contribution in [-0.4, -0.2) is 67.2 Å². The van der Waals surface area contributed by atoms with Gasteiger partial charge in [0, 0.05) is 50.7 Å². The van der Waals surface area contributed by atoms with Crippen LogP contribution in [0.1, 0.15) is 18.5 Å². The number of piperazine rings is 1. The molecule has 1 aromatic heterocycles. The molecular weight excluding hydrogens is 403 g/mol. The minimum absolute atomic E-state index is 0.242. The van der Waals surface area contributed by atoms with E-state index in [0.717, 1.165) is 62.6 Å². The molecular formula is C26H31FN4O. The number of likely N-dealkylation sites (tertiary alicyclic amines) is 1. The molecule has 5 nitrogen and oxygen atoms in total.